The highest BCUT2D eigenvalue weighted by atomic mass is 16.5. The maximum Gasteiger partial charge on any atom is 0.317 e. The first-order valence-corrected chi connectivity index (χ1v) is 9.95. The average Bonchev–Trinajstić information content (AvgIpc) is 2.99. The summed E-state index contributed by atoms with van der Waals surface area (Å²) in [7, 11) is 0. The molecule has 1 aliphatic rings. The van der Waals surface area contributed by atoms with Crippen LogP contribution in [0.5, 0.6) is 5.75 Å². The number of nitrogens with zero attached hydrogens (tertiary/aromatic N) is 4. The van der Waals surface area contributed by atoms with Crippen LogP contribution in [0.4, 0.5) is 10.6 Å². The molecule has 0 saturated carbocycles. The molecule has 2 heterocycles. The molecule has 0 spiro atoms. The summed E-state index contributed by atoms with van der Waals surface area (Å²) in [6.45, 7) is 7.15. The molecule has 1 fully saturated rings. The third-order valence-corrected chi connectivity index (χ3v) is 4.73. The lowest BCUT2D eigenvalue weighted by atomic mass is 10.2. The van der Waals surface area contributed by atoms with Crippen LogP contribution in [0.25, 0.3) is 0 Å². The third-order valence-electron chi connectivity index (χ3n) is 4.73. The van der Waals surface area contributed by atoms with Crippen molar-refractivity contribution in [3.63, 3.8) is 0 Å². The molecule has 1 aliphatic heterocycles. The average molecular weight is 393 g/mol. The van der Waals surface area contributed by atoms with Gasteiger partial charge in [0.15, 0.2) is 0 Å². The van der Waals surface area contributed by atoms with Crippen LogP contribution < -0.4 is 15.0 Å². The molecular formula is C22H27N5O2. The number of nitrogens with one attached hydrogen (secondary N) is 1. The van der Waals surface area contributed by atoms with Gasteiger partial charge in [-0.25, -0.2) is 9.78 Å². The summed E-state index contributed by atoms with van der Waals surface area (Å²) < 4.78 is 5.64. The number of rotatable bonds is 5. The SMILES string of the molecule is CC(C)Oc1ccc(CNC(=O)N2CCCN(c3ncccc3C#N)CC2)cc1. The van der Waals surface area contributed by atoms with Gasteiger partial charge in [0.1, 0.15) is 17.6 Å². The Morgan fingerprint density at radius 1 is 1.21 bits per heavy atom. The second kappa shape index (κ2) is 9.78. The van der Waals surface area contributed by atoms with E-state index in [0.29, 0.717) is 37.6 Å². The van der Waals surface area contributed by atoms with Gasteiger partial charge in [-0.2, -0.15) is 5.26 Å². The Kier molecular flexibility index (Phi) is 6.90. The van der Waals surface area contributed by atoms with Crippen LogP contribution in [0.2, 0.25) is 0 Å². The van der Waals surface area contributed by atoms with Crippen molar-refractivity contribution in [2.45, 2.75) is 32.9 Å². The van der Waals surface area contributed by atoms with Crippen LogP contribution in [-0.4, -0.2) is 48.2 Å². The number of amides is 2. The van der Waals surface area contributed by atoms with Gasteiger partial charge in [0.2, 0.25) is 0 Å². The van der Waals surface area contributed by atoms with E-state index in [4.69, 9.17) is 4.74 Å². The highest BCUT2D eigenvalue weighted by Gasteiger charge is 2.21. The Morgan fingerprint density at radius 2 is 2.00 bits per heavy atom. The molecule has 0 bridgehead atoms. The van der Waals surface area contributed by atoms with Crippen LogP contribution in [0.15, 0.2) is 42.6 Å². The zero-order valence-corrected chi connectivity index (χ0v) is 17.0. The van der Waals surface area contributed by atoms with E-state index in [-0.39, 0.29) is 12.1 Å². The zero-order chi connectivity index (χ0) is 20.6. The molecule has 7 nitrogen and oxygen atoms in total. The number of carbonyl (C=O) groups excluding carboxylic acids is 1. The number of nitriles is 1. The first-order chi connectivity index (χ1) is 14.1. The van der Waals surface area contributed by atoms with Crippen LogP contribution >= 0.6 is 0 Å². The fourth-order valence-electron chi connectivity index (χ4n) is 3.32. The number of pyridine rings is 1. The Labute approximate surface area is 171 Å². The van der Waals surface area contributed by atoms with E-state index in [9.17, 15) is 10.1 Å². The molecule has 2 amide bonds. The molecule has 0 radical (unpaired) electrons. The fourth-order valence-corrected chi connectivity index (χ4v) is 3.32. The van der Waals surface area contributed by atoms with Crippen molar-refractivity contribution in [3.8, 4) is 11.8 Å². The summed E-state index contributed by atoms with van der Waals surface area (Å²) in [4.78, 5) is 20.9. The van der Waals surface area contributed by atoms with Gasteiger partial charge in [0, 0.05) is 38.9 Å². The Bertz CT molecular complexity index is 860. The Hall–Kier alpha value is -3.27. The number of hydrogen-bond donors (Lipinski definition) is 1. The molecule has 1 saturated heterocycles. The number of benzene rings is 1. The van der Waals surface area contributed by atoms with E-state index in [1.165, 1.54) is 0 Å². The van der Waals surface area contributed by atoms with Gasteiger partial charge >= 0.3 is 6.03 Å². The second-order valence-corrected chi connectivity index (χ2v) is 7.28. The van der Waals surface area contributed by atoms with Crippen LogP contribution in [-0.2, 0) is 6.54 Å². The molecule has 7 heteroatoms. The van der Waals surface area contributed by atoms with E-state index >= 15 is 0 Å². The first kappa shape index (κ1) is 20.5. The molecule has 2 aromatic rings. The number of carbonyl (C=O) groups is 1. The molecule has 29 heavy (non-hydrogen) atoms. The Balaban J connectivity index is 1.52. The number of urea groups is 1. The van der Waals surface area contributed by atoms with Crippen molar-refractivity contribution >= 4 is 11.8 Å². The summed E-state index contributed by atoms with van der Waals surface area (Å²) in [6.07, 6.45) is 2.66. The third kappa shape index (κ3) is 5.61. The summed E-state index contributed by atoms with van der Waals surface area (Å²) in [5.74, 6) is 1.52. The fraction of sp³-hybridized carbons (Fsp3) is 0.409. The second-order valence-electron chi connectivity index (χ2n) is 7.28. The maximum absolute atomic E-state index is 12.6. The Morgan fingerprint density at radius 3 is 2.72 bits per heavy atom. The van der Waals surface area contributed by atoms with Gasteiger partial charge in [0.25, 0.3) is 0 Å². The molecule has 1 aromatic heterocycles. The predicted molar refractivity (Wildman–Crippen MR) is 112 cm³/mol. The highest BCUT2D eigenvalue weighted by Crippen LogP contribution is 2.18. The van der Waals surface area contributed by atoms with Crippen LogP contribution in [0, 0.1) is 11.3 Å². The summed E-state index contributed by atoms with van der Waals surface area (Å²) in [6, 6.07) is 13.4. The van der Waals surface area contributed by atoms with Crippen LogP contribution in [0.1, 0.15) is 31.4 Å². The lowest BCUT2D eigenvalue weighted by Crippen LogP contribution is -2.41. The quantitative estimate of drug-likeness (QED) is 0.844. The van der Waals surface area contributed by atoms with Gasteiger partial charge in [-0.3, -0.25) is 0 Å². The molecule has 3 rings (SSSR count). The minimum Gasteiger partial charge on any atom is -0.491 e. The van der Waals surface area contributed by atoms with Crippen molar-refractivity contribution in [1.82, 2.24) is 15.2 Å². The van der Waals surface area contributed by atoms with E-state index in [0.717, 1.165) is 24.3 Å². The lowest BCUT2D eigenvalue weighted by molar-refractivity contribution is 0.201. The monoisotopic (exact) mass is 393 g/mol. The van der Waals surface area contributed by atoms with Gasteiger partial charge in [-0.1, -0.05) is 12.1 Å². The van der Waals surface area contributed by atoms with Crippen molar-refractivity contribution in [3.05, 3.63) is 53.7 Å². The van der Waals surface area contributed by atoms with E-state index in [2.05, 4.69) is 21.3 Å². The molecule has 0 aliphatic carbocycles. The van der Waals surface area contributed by atoms with E-state index < -0.39 is 0 Å². The molecule has 152 valence electrons. The highest BCUT2D eigenvalue weighted by molar-refractivity contribution is 5.74. The molecule has 1 aromatic carbocycles. The van der Waals surface area contributed by atoms with Gasteiger partial charge in [-0.15, -0.1) is 0 Å². The minimum absolute atomic E-state index is 0.0733. The number of anilines is 1. The summed E-state index contributed by atoms with van der Waals surface area (Å²) in [5, 5.41) is 12.3. The number of ether oxygens (including phenoxy) is 1. The predicted octanol–water partition coefficient (Wildman–Crippen LogP) is 3.16. The topological polar surface area (TPSA) is 81.5 Å². The first-order valence-electron chi connectivity index (χ1n) is 9.95. The normalized spacial score (nSPS) is 14.3. The maximum atomic E-state index is 12.6. The largest absolute Gasteiger partial charge is 0.491 e. The van der Waals surface area contributed by atoms with Crippen molar-refractivity contribution < 1.29 is 9.53 Å². The lowest BCUT2D eigenvalue weighted by Gasteiger charge is -2.23. The summed E-state index contributed by atoms with van der Waals surface area (Å²) in [5.41, 5.74) is 1.59. The van der Waals surface area contributed by atoms with E-state index in [1.54, 1.807) is 18.3 Å². The molecule has 0 atom stereocenters. The molecule has 0 unspecified atom stereocenters. The number of aromatic nitrogens is 1. The molecule has 1 N–H and O–H groups in total. The zero-order valence-electron chi connectivity index (χ0n) is 17.0. The van der Waals surface area contributed by atoms with Crippen molar-refractivity contribution in [2.24, 2.45) is 0 Å². The smallest absolute Gasteiger partial charge is 0.317 e. The number of hydrogen-bond acceptors (Lipinski definition) is 5. The van der Waals surface area contributed by atoms with Crippen molar-refractivity contribution in [2.75, 3.05) is 31.1 Å². The van der Waals surface area contributed by atoms with Crippen molar-refractivity contribution in [1.29, 1.82) is 5.26 Å². The minimum atomic E-state index is -0.0733. The molecular weight excluding hydrogens is 366 g/mol. The van der Waals surface area contributed by atoms with Crippen LogP contribution in [0.3, 0.4) is 0 Å². The summed E-state index contributed by atoms with van der Waals surface area (Å²) >= 11 is 0. The van der Waals surface area contributed by atoms with Gasteiger partial charge in [-0.05, 0) is 50.1 Å². The van der Waals surface area contributed by atoms with Gasteiger partial charge in [0.05, 0.1) is 11.7 Å². The standard InChI is InChI=1S/C22H27N5O2/c1-17(2)29-20-8-6-18(7-9-20)16-25-22(28)27-12-4-11-26(13-14-27)21-19(15-23)5-3-10-24-21/h3,5-10,17H,4,11-14,16H2,1-2H3,(H,25,28). The van der Waals surface area contributed by atoms with E-state index in [1.807, 2.05) is 43.0 Å². The van der Waals surface area contributed by atoms with Gasteiger partial charge < -0.3 is 19.9 Å².